The van der Waals surface area contributed by atoms with E-state index in [2.05, 4.69) is 0 Å². The maximum absolute atomic E-state index is 10.8. The number of rotatable bonds is 3. The molecule has 0 amide bonds. The highest BCUT2D eigenvalue weighted by Gasteiger charge is 2.40. The second-order valence-electron chi connectivity index (χ2n) is 3.35. The minimum atomic E-state index is -1.51. The number of methoxy groups -OCH3 is 1. The smallest absolute Gasteiger partial charge is 0.307 e. The van der Waals surface area contributed by atoms with Gasteiger partial charge in [0.05, 0.1) is 5.92 Å². The molecule has 1 aliphatic rings. The molecule has 78 valence electrons. The van der Waals surface area contributed by atoms with Gasteiger partial charge in [-0.2, -0.15) is 0 Å². The summed E-state index contributed by atoms with van der Waals surface area (Å²) < 4.78 is 4.92. The molecule has 0 saturated carbocycles. The maximum atomic E-state index is 10.8. The van der Waals surface area contributed by atoms with Gasteiger partial charge in [-0.25, -0.2) is 0 Å². The van der Waals surface area contributed by atoms with Crippen molar-refractivity contribution in [1.82, 2.24) is 0 Å². The number of ether oxygens (including phenoxy) is 1. The molecule has 1 aliphatic carbocycles. The Balaban J connectivity index is 2.91. The number of carboxylic acid groups (broad SMARTS) is 1. The minimum absolute atomic E-state index is 0.560. The molecular weight excluding hydrogens is 184 g/mol. The standard InChI is InChI=1S/C10H14O4/c1-7(9(11)12)8-5-3-4-6-10(8,13)14-2/h3-8,13H,1-2H3,(H,11,12). The predicted molar refractivity (Wildman–Crippen MR) is 50.5 cm³/mol. The van der Waals surface area contributed by atoms with E-state index in [4.69, 9.17) is 9.84 Å². The van der Waals surface area contributed by atoms with Crippen molar-refractivity contribution in [2.45, 2.75) is 12.7 Å². The fraction of sp³-hybridized carbons (Fsp3) is 0.500. The third-order valence-electron chi connectivity index (χ3n) is 2.50. The van der Waals surface area contributed by atoms with E-state index in [-0.39, 0.29) is 0 Å². The van der Waals surface area contributed by atoms with Crippen LogP contribution >= 0.6 is 0 Å². The monoisotopic (exact) mass is 198 g/mol. The molecule has 1 rings (SSSR count). The van der Waals surface area contributed by atoms with Gasteiger partial charge in [-0.1, -0.05) is 25.2 Å². The lowest BCUT2D eigenvalue weighted by atomic mass is 9.83. The number of allylic oxidation sites excluding steroid dienone is 2. The number of hydrogen-bond donors (Lipinski definition) is 2. The Bertz CT molecular complexity index is 282. The molecule has 0 radical (unpaired) electrons. The maximum Gasteiger partial charge on any atom is 0.307 e. The van der Waals surface area contributed by atoms with Gasteiger partial charge in [0.25, 0.3) is 0 Å². The molecule has 0 saturated heterocycles. The van der Waals surface area contributed by atoms with Gasteiger partial charge >= 0.3 is 5.97 Å². The van der Waals surface area contributed by atoms with Crippen LogP contribution in [0, 0.1) is 11.8 Å². The summed E-state index contributed by atoms with van der Waals surface area (Å²) in [7, 11) is 1.35. The normalized spacial score (nSPS) is 32.9. The first-order valence-electron chi connectivity index (χ1n) is 4.37. The number of hydrogen-bond acceptors (Lipinski definition) is 3. The Morgan fingerprint density at radius 3 is 2.71 bits per heavy atom. The van der Waals surface area contributed by atoms with Crippen molar-refractivity contribution < 1.29 is 19.7 Å². The van der Waals surface area contributed by atoms with Gasteiger partial charge in [0, 0.05) is 13.0 Å². The molecule has 0 aliphatic heterocycles. The predicted octanol–water partition coefficient (Wildman–Crippen LogP) is 0.784. The van der Waals surface area contributed by atoms with E-state index in [1.807, 2.05) is 0 Å². The number of carbonyl (C=O) groups is 1. The first-order valence-corrected chi connectivity index (χ1v) is 4.37. The first kappa shape index (κ1) is 10.9. The van der Waals surface area contributed by atoms with Crippen LogP contribution in [0.2, 0.25) is 0 Å². The van der Waals surface area contributed by atoms with Crippen molar-refractivity contribution in [3.63, 3.8) is 0 Å². The second kappa shape index (κ2) is 3.94. The zero-order chi connectivity index (χ0) is 10.8. The van der Waals surface area contributed by atoms with E-state index in [9.17, 15) is 9.90 Å². The van der Waals surface area contributed by atoms with Crippen LogP contribution in [0.4, 0.5) is 0 Å². The fourth-order valence-corrected chi connectivity index (χ4v) is 1.51. The Morgan fingerprint density at radius 2 is 2.21 bits per heavy atom. The van der Waals surface area contributed by atoms with Crippen molar-refractivity contribution in [2.75, 3.05) is 7.11 Å². The summed E-state index contributed by atoms with van der Waals surface area (Å²) in [5.41, 5.74) is 0. The Labute approximate surface area is 82.5 Å². The molecule has 0 aromatic rings. The van der Waals surface area contributed by atoms with Crippen molar-refractivity contribution in [3.8, 4) is 0 Å². The van der Waals surface area contributed by atoms with Crippen molar-refractivity contribution in [2.24, 2.45) is 11.8 Å². The Morgan fingerprint density at radius 1 is 1.57 bits per heavy atom. The van der Waals surface area contributed by atoms with Gasteiger partial charge in [-0.05, 0) is 6.08 Å². The van der Waals surface area contributed by atoms with E-state index >= 15 is 0 Å². The summed E-state index contributed by atoms with van der Waals surface area (Å²) in [6.45, 7) is 1.54. The molecule has 4 heteroatoms. The molecule has 0 aromatic heterocycles. The zero-order valence-corrected chi connectivity index (χ0v) is 8.18. The lowest BCUT2D eigenvalue weighted by molar-refractivity contribution is -0.189. The van der Waals surface area contributed by atoms with E-state index in [0.29, 0.717) is 0 Å². The van der Waals surface area contributed by atoms with Crippen LogP contribution in [0.1, 0.15) is 6.92 Å². The third-order valence-corrected chi connectivity index (χ3v) is 2.50. The van der Waals surface area contributed by atoms with Crippen LogP contribution in [-0.2, 0) is 9.53 Å². The molecule has 2 N–H and O–H groups in total. The summed E-state index contributed by atoms with van der Waals surface area (Å²) in [6.07, 6.45) is 6.44. The molecule has 4 nitrogen and oxygen atoms in total. The lowest BCUT2D eigenvalue weighted by Gasteiger charge is -2.34. The van der Waals surface area contributed by atoms with Gasteiger partial charge in [0.15, 0.2) is 5.79 Å². The highest BCUT2D eigenvalue weighted by Crippen LogP contribution is 2.31. The van der Waals surface area contributed by atoms with Gasteiger partial charge in [0.1, 0.15) is 0 Å². The van der Waals surface area contributed by atoms with Gasteiger partial charge in [-0.15, -0.1) is 0 Å². The van der Waals surface area contributed by atoms with E-state index in [1.165, 1.54) is 13.2 Å². The molecule has 0 aromatic carbocycles. The Kier molecular flexibility index (Phi) is 3.08. The SMILES string of the molecule is COC1(O)C=CC=CC1C(C)C(=O)O. The molecule has 0 spiro atoms. The van der Waals surface area contributed by atoms with Crippen molar-refractivity contribution in [1.29, 1.82) is 0 Å². The molecular formula is C10H14O4. The average Bonchev–Trinajstić information content (AvgIpc) is 2.17. The summed E-state index contributed by atoms with van der Waals surface area (Å²) in [5.74, 6) is -3.71. The van der Waals surface area contributed by atoms with Gasteiger partial charge < -0.3 is 14.9 Å². The number of aliphatic carboxylic acids is 1. The largest absolute Gasteiger partial charge is 0.481 e. The van der Waals surface area contributed by atoms with E-state index in [0.717, 1.165) is 0 Å². The lowest BCUT2D eigenvalue weighted by Crippen LogP contribution is -2.43. The van der Waals surface area contributed by atoms with Crippen LogP contribution < -0.4 is 0 Å². The van der Waals surface area contributed by atoms with E-state index < -0.39 is 23.6 Å². The highest BCUT2D eigenvalue weighted by molar-refractivity contribution is 5.70. The number of carboxylic acids is 1. The van der Waals surface area contributed by atoms with Crippen LogP contribution in [0.15, 0.2) is 24.3 Å². The highest BCUT2D eigenvalue weighted by atomic mass is 16.6. The quantitative estimate of drug-likeness (QED) is 0.658. The number of aliphatic hydroxyl groups is 1. The summed E-state index contributed by atoms with van der Waals surface area (Å²) >= 11 is 0. The fourth-order valence-electron chi connectivity index (χ4n) is 1.51. The van der Waals surface area contributed by atoms with Crippen LogP contribution in [0.5, 0.6) is 0 Å². The molecule has 3 atom stereocenters. The van der Waals surface area contributed by atoms with Crippen LogP contribution in [-0.4, -0.2) is 29.1 Å². The Hall–Kier alpha value is -1.13. The van der Waals surface area contributed by atoms with Gasteiger partial charge in [-0.3, -0.25) is 4.79 Å². The average molecular weight is 198 g/mol. The molecule has 14 heavy (non-hydrogen) atoms. The van der Waals surface area contributed by atoms with Crippen molar-refractivity contribution in [3.05, 3.63) is 24.3 Å². The summed E-state index contributed by atoms with van der Waals surface area (Å²) in [5, 5.41) is 18.8. The molecule has 0 bridgehead atoms. The summed E-state index contributed by atoms with van der Waals surface area (Å²) in [6, 6.07) is 0. The van der Waals surface area contributed by atoms with Crippen molar-refractivity contribution >= 4 is 5.97 Å². The molecule has 0 fully saturated rings. The molecule has 0 heterocycles. The van der Waals surface area contributed by atoms with Gasteiger partial charge in [0.2, 0.25) is 0 Å². The van der Waals surface area contributed by atoms with Crippen LogP contribution in [0.3, 0.4) is 0 Å². The zero-order valence-electron chi connectivity index (χ0n) is 8.18. The topological polar surface area (TPSA) is 66.8 Å². The second-order valence-corrected chi connectivity index (χ2v) is 3.35. The minimum Gasteiger partial charge on any atom is -0.481 e. The van der Waals surface area contributed by atoms with E-state index in [1.54, 1.807) is 25.2 Å². The molecule has 3 unspecified atom stereocenters. The third kappa shape index (κ3) is 1.86. The summed E-state index contributed by atoms with van der Waals surface area (Å²) in [4.78, 5) is 10.8. The first-order chi connectivity index (χ1) is 6.51. The van der Waals surface area contributed by atoms with Crippen LogP contribution in [0.25, 0.3) is 0 Å².